The Morgan fingerprint density at radius 3 is 2.31 bits per heavy atom. The van der Waals surface area contributed by atoms with Crippen LogP contribution in [0.3, 0.4) is 0 Å². The first-order chi connectivity index (χ1) is 19.0. The summed E-state index contributed by atoms with van der Waals surface area (Å²) in [5.41, 5.74) is 4.63. The lowest BCUT2D eigenvalue weighted by molar-refractivity contribution is 0.0375. The molecule has 0 aliphatic carbocycles. The molecule has 7 rings (SSSR count). The summed E-state index contributed by atoms with van der Waals surface area (Å²) in [5.74, 6) is -2.71. The third kappa shape index (κ3) is 3.42. The first-order valence-electron chi connectivity index (χ1n) is 13.1. The first-order valence-corrected chi connectivity index (χ1v) is 13.1. The zero-order valence-electron chi connectivity index (χ0n) is 21.1. The Morgan fingerprint density at radius 2 is 1.51 bits per heavy atom. The van der Waals surface area contributed by atoms with Gasteiger partial charge in [0, 0.05) is 54.1 Å². The van der Waals surface area contributed by atoms with Crippen LogP contribution >= 0.6 is 0 Å². The maximum atomic E-state index is 14.1. The van der Waals surface area contributed by atoms with E-state index in [4.69, 9.17) is 0 Å². The minimum Gasteiger partial charge on any atom is -0.367 e. The molecule has 3 aliphatic heterocycles. The zero-order valence-corrected chi connectivity index (χ0v) is 21.1. The van der Waals surface area contributed by atoms with Gasteiger partial charge in [-0.1, -0.05) is 54.6 Å². The molecule has 0 unspecified atom stereocenters. The van der Waals surface area contributed by atoms with Crippen LogP contribution in [0.4, 0.5) is 14.5 Å². The van der Waals surface area contributed by atoms with Gasteiger partial charge in [0.25, 0.3) is 11.8 Å². The topological polar surface area (TPSA) is 43.9 Å². The van der Waals surface area contributed by atoms with Crippen molar-refractivity contribution in [1.29, 1.82) is 0 Å². The number of amides is 2. The SMILES string of the molecule is O=C(c1ccc(F)c(F)c1)N1CCN2C(=O)c3ccccc3[C@@]12c1ccc(N2CCc3ccccc3C2)cc1. The predicted molar refractivity (Wildman–Crippen MR) is 143 cm³/mol. The Morgan fingerprint density at radius 1 is 0.769 bits per heavy atom. The Balaban J connectivity index is 1.32. The van der Waals surface area contributed by atoms with Gasteiger partial charge in [0.15, 0.2) is 17.3 Å². The van der Waals surface area contributed by atoms with Gasteiger partial charge in [0.05, 0.1) is 0 Å². The molecule has 4 aromatic carbocycles. The van der Waals surface area contributed by atoms with Crippen LogP contribution in [0.5, 0.6) is 0 Å². The summed E-state index contributed by atoms with van der Waals surface area (Å²) >= 11 is 0. The summed E-state index contributed by atoms with van der Waals surface area (Å²) in [7, 11) is 0. The summed E-state index contributed by atoms with van der Waals surface area (Å²) < 4.78 is 27.8. The molecule has 0 radical (unpaired) electrons. The summed E-state index contributed by atoms with van der Waals surface area (Å²) in [6.45, 7) is 2.31. The highest BCUT2D eigenvalue weighted by atomic mass is 19.2. The number of carbonyl (C=O) groups excluding carboxylic acids is 2. The lowest BCUT2D eigenvalue weighted by atomic mass is 9.89. The Bertz CT molecular complexity index is 1640. The monoisotopic (exact) mass is 521 g/mol. The molecule has 1 saturated heterocycles. The number of hydrogen-bond acceptors (Lipinski definition) is 3. The Labute approximate surface area is 224 Å². The van der Waals surface area contributed by atoms with Crippen LogP contribution in [0.1, 0.15) is 43.0 Å². The molecule has 4 aromatic rings. The molecule has 0 N–H and O–H groups in total. The van der Waals surface area contributed by atoms with Gasteiger partial charge >= 0.3 is 0 Å². The minimum absolute atomic E-state index is 0.0376. The van der Waals surface area contributed by atoms with Crippen LogP contribution < -0.4 is 4.90 Å². The molecule has 3 heterocycles. The van der Waals surface area contributed by atoms with Crippen molar-refractivity contribution < 1.29 is 18.4 Å². The highest BCUT2D eigenvalue weighted by molar-refractivity contribution is 6.03. The maximum absolute atomic E-state index is 14.1. The second kappa shape index (κ2) is 8.76. The molecule has 3 aliphatic rings. The van der Waals surface area contributed by atoms with E-state index in [1.165, 1.54) is 17.2 Å². The van der Waals surface area contributed by atoms with Crippen molar-refractivity contribution in [2.45, 2.75) is 18.6 Å². The highest BCUT2D eigenvalue weighted by Gasteiger charge is 2.59. The quantitative estimate of drug-likeness (QED) is 0.366. The molecule has 1 atom stereocenters. The van der Waals surface area contributed by atoms with Crippen LogP contribution in [0.25, 0.3) is 0 Å². The molecule has 0 saturated carbocycles. The van der Waals surface area contributed by atoms with E-state index in [0.717, 1.165) is 42.9 Å². The van der Waals surface area contributed by atoms with Gasteiger partial charge in [0.1, 0.15) is 0 Å². The van der Waals surface area contributed by atoms with Gasteiger partial charge in [-0.05, 0) is 53.9 Å². The largest absolute Gasteiger partial charge is 0.367 e. The summed E-state index contributed by atoms with van der Waals surface area (Å²) in [5, 5.41) is 0. The van der Waals surface area contributed by atoms with E-state index in [9.17, 15) is 18.4 Å². The van der Waals surface area contributed by atoms with Gasteiger partial charge in [-0.25, -0.2) is 8.78 Å². The van der Waals surface area contributed by atoms with Crippen LogP contribution in [-0.4, -0.2) is 41.2 Å². The van der Waals surface area contributed by atoms with E-state index in [2.05, 4.69) is 29.2 Å². The van der Waals surface area contributed by atoms with E-state index >= 15 is 0 Å². The first kappa shape index (κ1) is 23.6. The lowest BCUT2D eigenvalue weighted by Gasteiger charge is -2.41. The lowest BCUT2D eigenvalue weighted by Crippen LogP contribution is -2.51. The van der Waals surface area contributed by atoms with Crippen LogP contribution in [0.15, 0.2) is 91.0 Å². The van der Waals surface area contributed by atoms with E-state index < -0.39 is 23.2 Å². The second-order valence-corrected chi connectivity index (χ2v) is 10.2. The number of fused-ring (bicyclic) bond motifs is 4. The van der Waals surface area contributed by atoms with E-state index in [1.807, 2.05) is 42.5 Å². The van der Waals surface area contributed by atoms with Crippen LogP contribution in [0.2, 0.25) is 0 Å². The third-order valence-electron chi connectivity index (χ3n) is 8.28. The Hall–Kier alpha value is -4.52. The molecule has 0 spiro atoms. The highest BCUT2D eigenvalue weighted by Crippen LogP contribution is 2.50. The number of carbonyl (C=O) groups is 2. The van der Waals surface area contributed by atoms with Gasteiger partial charge in [0.2, 0.25) is 0 Å². The molecule has 1 fully saturated rings. The molecule has 194 valence electrons. The third-order valence-corrected chi connectivity index (χ3v) is 8.28. The van der Waals surface area contributed by atoms with Crippen molar-refractivity contribution in [3.63, 3.8) is 0 Å². The molecule has 2 amide bonds. The van der Waals surface area contributed by atoms with Crippen molar-refractivity contribution in [1.82, 2.24) is 9.80 Å². The van der Waals surface area contributed by atoms with Gasteiger partial charge < -0.3 is 14.7 Å². The van der Waals surface area contributed by atoms with Crippen molar-refractivity contribution in [2.24, 2.45) is 0 Å². The number of nitrogens with zero attached hydrogens (tertiary/aromatic N) is 3. The maximum Gasteiger partial charge on any atom is 0.256 e. The van der Waals surface area contributed by atoms with Crippen molar-refractivity contribution in [3.8, 4) is 0 Å². The number of anilines is 1. The average Bonchev–Trinajstić information content (AvgIpc) is 3.49. The van der Waals surface area contributed by atoms with Crippen molar-refractivity contribution >= 4 is 17.5 Å². The van der Waals surface area contributed by atoms with Crippen LogP contribution in [-0.2, 0) is 18.6 Å². The summed E-state index contributed by atoms with van der Waals surface area (Å²) in [6.07, 6.45) is 0.966. The van der Waals surface area contributed by atoms with Gasteiger partial charge in [-0.15, -0.1) is 0 Å². The number of benzene rings is 4. The molecule has 0 aromatic heterocycles. The number of halogens is 2. The van der Waals surface area contributed by atoms with E-state index in [1.54, 1.807) is 15.9 Å². The van der Waals surface area contributed by atoms with Crippen LogP contribution in [0, 0.1) is 11.6 Å². The fraction of sp³-hybridized carbons (Fsp3) is 0.188. The normalized spacial score (nSPS) is 19.6. The van der Waals surface area contributed by atoms with E-state index in [-0.39, 0.29) is 18.0 Å². The standard InChI is InChI=1S/C32H25F2N3O2/c33-28-14-9-22(19-29(28)34)30(38)36-17-18-37-31(39)26-7-3-4-8-27(26)32(36,37)24-10-12-25(13-11-24)35-16-15-21-5-1-2-6-23(21)20-35/h1-14,19H,15-18,20H2/t32-/m0/s1. The summed E-state index contributed by atoms with van der Waals surface area (Å²) in [4.78, 5) is 33.1. The fourth-order valence-corrected chi connectivity index (χ4v) is 6.45. The summed E-state index contributed by atoms with van der Waals surface area (Å²) in [6, 6.07) is 27.0. The smallest absolute Gasteiger partial charge is 0.256 e. The van der Waals surface area contributed by atoms with Gasteiger partial charge in [-0.3, -0.25) is 9.59 Å². The zero-order chi connectivity index (χ0) is 26.7. The molecular weight excluding hydrogens is 496 g/mol. The second-order valence-electron chi connectivity index (χ2n) is 10.2. The molecular formula is C32H25F2N3O2. The van der Waals surface area contributed by atoms with Crippen molar-refractivity contribution in [2.75, 3.05) is 24.5 Å². The minimum atomic E-state index is -1.18. The molecule has 39 heavy (non-hydrogen) atoms. The number of hydrogen-bond donors (Lipinski definition) is 0. The molecule has 0 bridgehead atoms. The fourth-order valence-electron chi connectivity index (χ4n) is 6.45. The molecule has 5 nitrogen and oxygen atoms in total. The van der Waals surface area contributed by atoms with Gasteiger partial charge in [-0.2, -0.15) is 0 Å². The van der Waals surface area contributed by atoms with Crippen molar-refractivity contribution in [3.05, 3.63) is 136 Å². The van der Waals surface area contributed by atoms with E-state index in [0.29, 0.717) is 17.7 Å². The molecule has 7 heteroatoms. The number of rotatable bonds is 3. The predicted octanol–water partition coefficient (Wildman–Crippen LogP) is 5.34. The Kier molecular flexibility index (Phi) is 5.30. The average molecular weight is 522 g/mol.